The minimum absolute atomic E-state index is 0.709. The Labute approximate surface area is 70.7 Å². The van der Waals surface area contributed by atoms with Crippen molar-refractivity contribution in [2.75, 3.05) is 7.11 Å². The molecule has 0 fully saturated rings. The van der Waals surface area contributed by atoms with E-state index in [0.29, 0.717) is 12.0 Å². The van der Waals surface area contributed by atoms with Crippen LogP contribution in [0, 0.1) is 0 Å². The molecule has 0 aliphatic heterocycles. The lowest BCUT2D eigenvalue weighted by atomic mass is 10.3. The Morgan fingerprint density at radius 3 is 3.08 bits per heavy atom. The van der Waals surface area contributed by atoms with Crippen LogP contribution in [0.2, 0.25) is 0 Å². The summed E-state index contributed by atoms with van der Waals surface area (Å²) in [7, 11) is 1.59. The van der Waals surface area contributed by atoms with Crippen LogP contribution >= 0.6 is 0 Å². The summed E-state index contributed by atoms with van der Waals surface area (Å²) in [5, 5.41) is 0. The first-order chi connectivity index (χ1) is 5.86. The zero-order valence-electron chi connectivity index (χ0n) is 6.73. The largest absolute Gasteiger partial charge is 0.497 e. The van der Waals surface area contributed by atoms with E-state index in [1.165, 1.54) is 6.08 Å². The van der Waals surface area contributed by atoms with Crippen molar-refractivity contribution in [3.63, 3.8) is 0 Å². The highest BCUT2D eigenvalue weighted by molar-refractivity contribution is 5.73. The summed E-state index contributed by atoms with van der Waals surface area (Å²) >= 11 is 0. The number of carbonyl (C=O) groups is 1. The molecule has 3 heteroatoms. The lowest BCUT2D eigenvalue weighted by Crippen LogP contribution is -1.85. The normalized spacial score (nSPS) is 10.1. The fourth-order valence-corrected chi connectivity index (χ4v) is 0.784. The molecule has 0 bridgehead atoms. The van der Waals surface area contributed by atoms with Crippen molar-refractivity contribution in [3.05, 3.63) is 30.1 Å². The standard InChI is InChI=1S/C9H9NO2/c1-12-9-4-5-10-8(7-9)3-2-6-11/h2-7H,1H3/b3-2+. The molecule has 62 valence electrons. The van der Waals surface area contributed by atoms with E-state index in [-0.39, 0.29) is 0 Å². The van der Waals surface area contributed by atoms with Gasteiger partial charge in [0.15, 0.2) is 0 Å². The van der Waals surface area contributed by atoms with Crippen molar-refractivity contribution in [2.45, 2.75) is 0 Å². The average molecular weight is 163 g/mol. The van der Waals surface area contributed by atoms with Gasteiger partial charge in [-0.05, 0) is 18.2 Å². The summed E-state index contributed by atoms with van der Waals surface area (Å²) < 4.78 is 4.97. The van der Waals surface area contributed by atoms with Crippen molar-refractivity contribution in [1.82, 2.24) is 4.98 Å². The smallest absolute Gasteiger partial charge is 0.142 e. The Kier molecular flexibility index (Phi) is 3.02. The lowest BCUT2D eigenvalue weighted by Gasteiger charge is -1.98. The number of aromatic nitrogens is 1. The van der Waals surface area contributed by atoms with Gasteiger partial charge in [0.05, 0.1) is 12.8 Å². The van der Waals surface area contributed by atoms with E-state index in [0.717, 1.165) is 5.75 Å². The molecular weight excluding hydrogens is 154 g/mol. The maximum atomic E-state index is 9.99. The summed E-state index contributed by atoms with van der Waals surface area (Å²) in [6, 6.07) is 3.50. The number of nitrogens with zero attached hydrogens (tertiary/aromatic N) is 1. The predicted molar refractivity (Wildman–Crippen MR) is 45.9 cm³/mol. The minimum atomic E-state index is 0.709. The Hall–Kier alpha value is -1.64. The van der Waals surface area contributed by atoms with Crippen LogP contribution in [0.1, 0.15) is 5.69 Å². The fraction of sp³-hybridized carbons (Fsp3) is 0.111. The summed E-state index contributed by atoms with van der Waals surface area (Å²) in [6.45, 7) is 0. The summed E-state index contributed by atoms with van der Waals surface area (Å²) in [5.74, 6) is 0.732. The maximum absolute atomic E-state index is 9.99. The van der Waals surface area contributed by atoms with Gasteiger partial charge in [-0.2, -0.15) is 0 Å². The molecule has 1 heterocycles. The first-order valence-corrected chi connectivity index (χ1v) is 3.48. The van der Waals surface area contributed by atoms with Crippen molar-refractivity contribution in [2.24, 2.45) is 0 Å². The Morgan fingerprint density at radius 2 is 2.42 bits per heavy atom. The van der Waals surface area contributed by atoms with Gasteiger partial charge in [-0.15, -0.1) is 0 Å². The molecule has 0 unspecified atom stereocenters. The molecule has 0 aliphatic carbocycles. The van der Waals surface area contributed by atoms with Gasteiger partial charge in [-0.3, -0.25) is 9.78 Å². The van der Waals surface area contributed by atoms with Crippen molar-refractivity contribution in [1.29, 1.82) is 0 Å². The number of ether oxygens (including phenoxy) is 1. The number of allylic oxidation sites excluding steroid dienone is 1. The molecule has 0 spiro atoms. The number of pyridine rings is 1. The second-order valence-electron chi connectivity index (χ2n) is 2.12. The Bertz CT molecular complexity index is 294. The van der Waals surface area contributed by atoms with Crippen LogP contribution in [0.4, 0.5) is 0 Å². The first kappa shape index (κ1) is 8.46. The van der Waals surface area contributed by atoms with Gasteiger partial charge in [0.25, 0.3) is 0 Å². The molecule has 0 N–H and O–H groups in total. The molecule has 0 saturated heterocycles. The van der Waals surface area contributed by atoms with E-state index in [1.807, 2.05) is 0 Å². The summed E-state index contributed by atoms with van der Waals surface area (Å²) in [4.78, 5) is 14.0. The average Bonchev–Trinajstić information content (AvgIpc) is 2.15. The second-order valence-corrected chi connectivity index (χ2v) is 2.12. The van der Waals surface area contributed by atoms with Gasteiger partial charge in [0.1, 0.15) is 12.0 Å². The van der Waals surface area contributed by atoms with Gasteiger partial charge >= 0.3 is 0 Å². The van der Waals surface area contributed by atoms with Crippen LogP contribution in [-0.4, -0.2) is 18.4 Å². The molecule has 3 nitrogen and oxygen atoms in total. The molecule has 0 radical (unpaired) electrons. The van der Waals surface area contributed by atoms with Crippen LogP contribution in [0.15, 0.2) is 24.4 Å². The second kappa shape index (κ2) is 4.28. The highest BCUT2D eigenvalue weighted by Gasteiger charge is 1.91. The number of methoxy groups -OCH3 is 1. The zero-order valence-corrected chi connectivity index (χ0v) is 6.73. The highest BCUT2D eigenvalue weighted by Crippen LogP contribution is 2.10. The van der Waals surface area contributed by atoms with Crippen molar-refractivity contribution < 1.29 is 9.53 Å². The third-order valence-electron chi connectivity index (χ3n) is 1.33. The third-order valence-corrected chi connectivity index (χ3v) is 1.33. The van der Waals surface area contributed by atoms with Gasteiger partial charge in [0.2, 0.25) is 0 Å². The number of carbonyl (C=O) groups excluding carboxylic acids is 1. The van der Waals surface area contributed by atoms with E-state index in [9.17, 15) is 4.79 Å². The van der Waals surface area contributed by atoms with E-state index in [2.05, 4.69) is 4.98 Å². The topological polar surface area (TPSA) is 39.2 Å². The SMILES string of the molecule is COc1ccnc(/C=C/C=O)c1. The lowest BCUT2D eigenvalue weighted by molar-refractivity contribution is -0.104. The fourth-order valence-electron chi connectivity index (χ4n) is 0.784. The van der Waals surface area contributed by atoms with Crippen LogP contribution in [0.5, 0.6) is 5.75 Å². The number of hydrogen-bond donors (Lipinski definition) is 0. The number of aldehydes is 1. The molecule has 0 atom stereocenters. The number of hydrogen-bond acceptors (Lipinski definition) is 3. The quantitative estimate of drug-likeness (QED) is 0.498. The van der Waals surface area contributed by atoms with Crippen LogP contribution in [0.3, 0.4) is 0 Å². The van der Waals surface area contributed by atoms with Gasteiger partial charge < -0.3 is 4.74 Å². The Morgan fingerprint density at radius 1 is 1.58 bits per heavy atom. The molecule has 0 saturated carbocycles. The van der Waals surface area contributed by atoms with Gasteiger partial charge in [0, 0.05) is 12.3 Å². The van der Waals surface area contributed by atoms with Crippen LogP contribution in [-0.2, 0) is 4.79 Å². The van der Waals surface area contributed by atoms with E-state index in [1.54, 1.807) is 31.5 Å². The highest BCUT2D eigenvalue weighted by atomic mass is 16.5. The molecule has 12 heavy (non-hydrogen) atoms. The molecule has 0 aromatic carbocycles. The molecule has 0 amide bonds. The third kappa shape index (κ3) is 2.20. The molecule has 1 aromatic rings. The molecular formula is C9H9NO2. The van der Waals surface area contributed by atoms with E-state index in [4.69, 9.17) is 4.74 Å². The van der Waals surface area contributed by atoms with Gasteiger partial charge in [-0.25, -0.2) is 0 Å². The maximum Gasteiger partial charge on any atom is 0.142 e. The van der Waals surface area contributed by atoms with E-state index < -0.39 is 0 Å². The molecule has 1 rings (SSSR count). The Balaban J connectivity index is 2.86. The monoisotopic (exact) mass is 163 g/mol. The molecule has 0 aliphatic rings. The minimum Gasteiger partial charge on any atom is -0.497 e. The van der Waals surface area contributed by atoms with Gasteiger partial charge in [-0.1, -0.05) is 0 Å². The van der Waals surface area contributed by atoms with Crippen molar-refractivity contribution in [3.8, 4) is 5.75 Å². The zero-order chi connectivity index (χ0) is 8.81. The molecule has 1 aromatic heterocycles. The summed E-state index contributed by atoms with van der Waals surface area (Å²) in [6.07, 6.45) is 5.35. The number of rotatable bonds is 3. The summed E-state index contributed by atoms with van der Waals surface area (Å²) in [5.41, 5.74) is 0.710. The van der Waals surface area contributed by atoms with Crippen LogP contribution in [0.25, 0.3) is 6.08 Å². The first-order valence-electron chi connectivity index (χ1n) is 3.48. The predicted octanol–water partition coefficient (Wildman–Crippen LogP) is 1.30. The van der Waals surface area contributed by atoms with Crippen LogP contribution < -0.4 is 4.74 Å². The van der Waals surface area contributed by atoms with E-state index >= 15 is 0 Å². The van der Waals surface area contributed by atoms with Crippen molar-refractivity contribution >= 4 is 12.4 Å².